The van der Waals surface area contributed by atoms with Gasteiger partial charge in [-0.3, -0.25) is 4.99 Å². The summed E-state index contributed by atoms with van der Waals surface area (Å²) in [4.78, 5) is 4.76. The largest absolute Gasteiger partial charge is 0.357 e. The molecule has 1 saturated heterocycles. The van der Waals surface area contributed by atoms with Crippen LogP contribution in [0.1, 0.15) is 50.7 Å². The first-order valence-corrected chi connectivity index (χ1v) is 11.6. The first-order valence-electron chi connectivity index (χ1n) is 9.95. The molecule has 1 unspecified atom stereocenters. The predicted molar refractivity (Wildman–Crippen MR) is 128 cm³/mol. The van der Waals surface area contributed by atoms with Crippen LogP contribution in [0, 0.1) is 6.92 Å². The summed E-state index contributed by atoms with van der Waals surface area (Å²) in [7, 11) is -3.08. The minimum atomic E-state index is -3.08. The lowest BCUT2D eigenvalue weighted by molar-refractivity contribution is 0.306. The number of halogens is 1. The highest BCUT2D eigenvalue weighted by Crippen LogP contribution is 2.17. The molecule has 28 heavy (non-hydrogen) atoms. The van der Waals surface area contributed by atoms with Crippen LogP contribution < -0.4 is 10.6 Å². The Kier molecular flexibility index (Phi) is 10.8. The molecule has 0 aliphatic carbocycles. The van der Waals surface area contributed by atoms with Gasteiger partial charge in [0.1, 0.15) is 0 Å². The number of hydrogen-bond acceptors (Lipinski definition) is 3. The monoisotopic (exact) mass is 522 g/mol. The molecular weight excluding hydrogens is 487 g/mol. The number of guanidine groups is 1. The molecular formula is C20H35IN4O2S. The molecule has 0 spiro atoms. The van der Waals surface area contributed by atoms with Crippen LogP contribution >= 0.6 is 24.0 Å². The molecule has 160 valence electrons. The Balaban J connectivity index is 0.00000392. The molecule has 0 saturated carbocycles. The van der Waals surface area contributed by atoms with Crippen molar-refractivity contribution in [3.63, 3.8) is 0 Å². The van der Waals surface area contributed by atoms with Gasteiger partial charge in [-0.2, -0.15) is 0 Å². The first kappa shape index (κ1) is 25.2. The number of benzene rings is 1. The van der Waals surface area contributed by atoms with Crippen LogP contribution in [0.4, 0.5) is 0 Å². The lowest BCUT2D eigenvalue weighted by Crippen LogP contribution is -2.50. The van der Waals surface area contributed by atoms with E-state index >= 15 is 0 Å². The van der Waals surface area contributed by atoms with Crippen LogP contribution in [-0.4, -0.2) is 56.7 Å². The van der Waals surface area contributed by atoms with E-state index in [2.05, 4.69) is 55.7 Å². The zero-order valence-electron chi connectivity index (χ0n) is 17.4. The number of piperidine rings is 1. The van der Waals surface area contributed by atoms with Crippen molar-refractivity contribution in [3.05, 3.63) is 35.4 Å². The van der Waals surface area contributed by atoms with E-state index in [9.17, 15) is 8.42 Å². The number of aryl methyl sites for hydroxylation is 1. The van der Waals surface area contributed by atoms with Gasteiger partial charge in [0.05, 0.1) is 5.75 Å². The van der Waals surface area contributed by atoms with Gasteiger partial charge in [0.2, 0.25) is 10.0 Å². The molecule has 0 radical (unpaired) electrons. The van der Waals surface area contributed by atoms with E-state index in [1.807, 2.05) is 0 Å². The molecule has 0 amide bonds. The van der Waals surface area contributed by atoms with Crippen molar-refractivity contribution in [1.82, 2.24) is 14.9 Å². The summed E-state index contributed by atoms with van der Waals surface area (Å²) >= 11 is 0. The van der Waals surface area contributed by atoms with Crippen LogP contribution in [0.25, 0.3) is 0 Å². The van der Waals surface area contributed by atoms with E-state index in [0.717, 1.165) is 25.3 Å². The van der Waals surface area contributed by atoms with Crippen molar-refractivity contribution in [3.8, 4) is 0 Å². The average molecular weight is 522 g/mol. The van der Waals surface area contributed by atoms with Crippen LogP contribution in [-0.2, 0) is 10.0 Å². The minimum absolute atomic E-state index is 0. The van der Waals surface area contributed by atoms with Gasteiger partial charge in [0.25, 0.3) is 0 Å². The molecule has 1 aromatic carbocycles. The third-order valence-corrected chi connectivity index (χ3v) is 6.91. The number of rotatable bonds is 7. The molecule has 2 N–H and O–H groups in total. The summed E-state index contributed by atoms with van der Waals surface area (Å²) < 4.78 is 25.6. The maximum Gasteiger partial charge on any atom is 0.213 e. The van der Waals surface area contributed by atoms with E-state index < -0.39 is 10.0 Å². The number of aliphatic imine (C=N–C) groups is 1. The maximum absolute atomic E-state index is 12.0. The van der Waals surface area contributed by atoms with Gasteiger partial charge >= 0.3 is 0 Å². The molecule has 1 atom stereocenters. The summed E-state index contributed by atoms with van der Waals surface area (Å²) in [5, 5.41) is 6.79. The fraction of sp³-hybridized carbons (Fsp3) is 0.650. The van der Waals surface area contributed by atoms with Gasteiger partial charge in [-0.1, -0.05) is 36.8 Å². The van der Waals surface area contributed by atoms with Gasteiger partial charge in [-0.05, 0) is 39.2 Å². The molecule has 8 heteroatoms. The second kappa shape index (κ2) is 12.0. The number of hydrogen-bond donors (Lipinski definition) is 2. The SMILES string of the molecule is CCNC(=NCC(C)c1cccc(C)c1)NC1CCN(S(=O)(=O)CC)CC1.I. The smallest absolute Gasteiger partial charge is 0.213 e. The zero-order chi connectivity index (χ0) is 19.9. The van der Waals surface area contributed by atoms with E-state index in [4.69, 9.17) is 4.99 Å². The van der Waals surface area contributed by atoms with Gasteiger partial charge in [0.15, 0.2) is 5.96 Å². The third kappa shape index (κ3) is 7.51. The number of nitrogens with one attached hydrogen (secondary N) is 2. The van der Waals surface area contributed by atoms with Crippen LogP contribution in [0.3, 0.4) is 0 Å². The van der Waals surface area contributed by atoms with E-state index in [-0.39, 0.29) is 35.8 Å². The quantitative estimate of drug-likeness (QED) is 0.328. The Hall–Kier alpha value is -0.870. The molecule has 1 aliphatic heterocycles. The maximum atomic E-state index is 12.0. The second-order valence-corrected chi connectivity index (χ2v) is 9.51. The molecule has 1 fully saturated rings. The highest BCUT2D eigenvalue weighted by atomic mass is 127. The van der Waals surface area contributed by atoms with Gasteiger partial charge < -0.3 is 10.6 Å². The predicted octanol–water partition coefficient (Wildman–Crippen LogP) is 3.09. The Morgan fingerprint density at radius 2 is 1.96 bits per heavy atom. The Morgan fingerprint density at radius 3 is 2.54 bits per heavy atom. The summed E-state index contributed by atoms with van der Waals surface area (Å²) in [6.07, 6.45) is 1.61. The van der Waals surface area contributed by atoms with E-state index in [1.54, 1.807) is 11.2 Å². The summed E-state index contributed by atoms with van der Waals surface area (Å²) in [5.41, 5.74) is 2.56. The molecule has 0 aromatic heterocycles. The van der Waals surface area contributed by atoms with Crippen molar-refractivity contribution in [1.29, 1.82) is 0 Å². The van der Waals surface area contributed by atoms with E-state index in [0.29, 0.717) is 25.6 Å². The third-order valence-electron chi connectivity index (χ3n) is 5.03. The second-order valence-electron chi connectivity index (χ2n) is 7.25. The normalized spacial score (nSPS) is 17.6. The van der Waals surface area contributed by atoms with Crippen LogP contribution in [0.15, 0.2) is 29.3 Å². The fourth-order valence-corrected chi connectivity index (χ4v) is 4.42. The molecule has 1 heterocycles. The Labute approximate surface area is 187 Å². The number of nitrogens with zero attached hydrogens (tertiary/aromatic N) is 2. The van der Waals surface area contributed by atoms with Crippen molar-refractivity contribution in [2.45, 2.75) is 52.5 Å². The fourth-order valence-electron chi connectivity index (χ4n) is 3.28. The molecule has 6 nitrogen and oxygen atoms in total. The van der Waals surface area contributed by atoms with Crippen LogP contribution in [0.2, 0.25) is 0 Å². The van der Waals surface area contributed by atoms with Crippen LogP contribution in [0.5, 0.6) is 0 Å². The lowest BCUT2D eigenvalue weighted by atomic mass is 10.00. The average Bonchev–Trinajstić information content (AvgIpc) is 2.66. The van der Waals surface area contributed by atoms with Crippen molar-refractivity contribution >= 4 is 40.0 Å². The van der Waals surface area contributed by atoms with Gasteiger partial charge in [-0.25, -0.2) is 12.7 Å². The van der Waals surface area contributed by atoms with Crippen molar-refractivity contribution < 1.29 is 8.42 Å². The topological polar surface area (TPSA) is 73.8 Å². The van der Waals surface area contributed by atoms with E-state index in [1.165, 1.54) is 11.1 Å². The van der Waals surface area contributed by atoms with Gasteiger partial charge in [-0.15, -0.1) is 24.0 Å². The standard InChI is InChI=1S/C20H34N4O2S.HI/c1-5-21-20(22-15-17(4)18-9-7-8-16(3)14-18)23-19-10-12-24(13-11-19)27(25,26)6-2;/h7-9,14,17,19H,5-6,10-13,15H2,1-4H3,(H2,21,22,23);1H. The summed E-state index contributed by atoms with van der Waals surface area (Å²) in [5.74, 6) is 1.33. The molecule has 2 rings (SSSR count). The molecule has 1 aliphatic rings. The minimum Gasteiger partial charge on any atom is -0.357 e. The molecule has 0 bridgehead atoms. The highest BCUT2D eigenvalue weighted by molar-refractivity contribution is 14.0. The summed E-state index contributed by atoms with van der Waals surface area (Å²) in [6, 6.07) is 8.81. The summed E-state index contributed by atoms with van der Waals surface area (Å²) in [6.45, 7) is 10.7. The van der Waals surface area contributed by atoms with Crippen molar-refractivity contribution in [2.24, 2.45) is 4.99 Å². The Morgan fingerprint density at radius 1 is 1.29 bits per heavy atom. The first-order chi connectivity index (χ1) is 12.9. The number of sulfonamides is 1. The zero-order valence-corrected chi connectivity index (χ0v) is 20.6. The van der Waals surface area contributed by atoms with Gasteiger partial charge in [0, 0.05) is 38.1 Å². The lowest BCUT2D eigenvalue weighted by Gasteiger charge is -2.32. The highest BCUT2D eigenvalue weighted by Gasteiger charge is 2.27. The van der Waals surface area contributed by atoms with Crippen molar-refractivity contribution in [2.75, 3.05) is 31.9 Å². The molecule has 1 aromatic rings. The Bertz CT molecular complexity index is 731.